The minimum absolute atomic E-state index is 0.305. The predicted octanol–water partition coefficient (Wildman–Crippen LogP) is 1.45. The number of aryl methyl sites for hydroxylation is 1. The zero-order chi connectivity index (χ0) is 18.3. The van der Waals surface area contributed by atoms with E-state index in [9.17, 15) is 9.59 Å². The third-order valence-corrected chi connectivity index (χ3v) is 2.66. The fourth-order valence-electron chi connectivity index (χ4n) is 1.06. The summed E-state index contributed by atoms with van der Waals surface area (Å²) in [6.45, 7) is 3.68. The minimum atomic E-state index is -0.907. The first-order valence-corrected chi connectivity index (χ1v) is 6.79. The summed E-state index contributed by atoms with van der Waals surface area (Å²) in [5, 5.41) is 7.92. The monoisotopic (exact) mass is 327 g/mol. The van der Waals surface area contributed by atoms with E-state index in [-0.39, 0.29) is 0 Å². The van der Waals surface area contributed by atoms with Gasteiger partial charge in [0.2, 0.25) is 11.8 Å². The lowest BCUT2D eigenvalue weighted by Crippen LogP contribution is -2.26. The largest absolute Gasteiger partial charge is 0.465 e. The number of rotatable bonds is 2. The summed E-state index contributed by atoms with van der Waals surface area (Å²) in [7, 11) is 9.87. The van der Waals surface area contributed by atoms with E-state index in [2.05, 4.69) is 9.97 Å². The molecule has 130 valence electrons. The lowest BCUT2D eigenvalue weighted by Gasteiger charge is -2.16. The Morgan fingerprint density at radius 2 is 1.43 bits per heavy atom. The number of aromatic nitrogens is 2. The van der Waals surface area contributed by atoms with Crippen molar-refractivity contribution < 1.29 is 19.4 Å². The highest BCUT2D eigenvalue weighted by Gasteiger charge is 2.15. The van der Waals surface area contributed by atoms with Crippen LogP contribution in [0, 0.1) is 13.8 Å². The van der Waals surface area contributed by atoms with Crippen molar-refractivity contribution >= 4 is 18.1 Å². The summed E-state index contributed by atoms with van der Waals surface area (Å²) in [6.07, 6.45) is -1.36. The number of ether oxygens (including phenoxy) is 1. The Morgan fingerprint density at radius 1 is 0.957 bits per heavy atom. The number of amides is 2. The van der Waals surface area contributed by atoms with Crippen molar-refractivity contribution in [1.29, 1.82) is 0 Å². The van der Waals surface area contributed by atoms with Gasteiger partial charge in [0.05, 0.1) is 0 Å². The third kappa shape index (κ3) is 6.81. The molecular weight excluding hydrogens is 302 g/mol. The fraction of sp³-hybridized carbons (Fsp3) is 0.571. The zero-order valence-electron chi connectivity index (χ0n) is 14.9. The van der Waals surface area contributed by atoms with E-state index in [1.165, 1.54) is 19.0 Å². The summed E-state index contributed by atoms with van der Waals surface area (Å²) < 4.78 is 5.19. The molecule has 0 aliphatic carbocycles. The zero-order valence-corrected chi connectivity index (χ0v) is 14.9. The Labute approximate surface area is 136 Å². The summed E-state index contributed by atoms with van der Waals surface area (Å²) in [5.74, 6) is 0.828. The minimum Gasteiger partial charge on any atom is -0.465 e. The van der Waals surface area contributed by atoms with Crippen LogP contribution in [-0.4, -0.2) is 79.3 Å². The van der Waals surface area contributed by atoms with E-state index in [1.54, 1.807) is 19.0 Å². The van der Waals surface area contributed by atoms with Crippen LogP contribution in [0.1, 0.15) is 11.3 Å². The molecule has 9 heteroatoms. The van der Waals surface area contributed by atoms with E-state index in [1.807, 2.05) is 27.9 Å². The van der Waals surface area contributed by atoms with Crippen LogP contribution in [0.4, 0.5) is 15.5 Å². The Hall–Kier alpha value is -2.58. The van der Waals surface area contributed by atoms with Gasteiger partial charge in [0.15, 0.2) is 0 Å². The molecule has 23 heavy (non-hydrogen) atoms. The van der Waals surface area contributed by atoms with Gasteiger partial charge in [-0.1, -0.05) is 0 Å². The van der Waals surface area contributed by atoms with Crippen molar-refractivity contribution in [3.05, 3.63) is 11.3 Å². The molecule has 0 unspecified atom stereocenters. The number of anilines is 1. The Balaban J connectivity index is 0.000000688. The van der Waals surface area contributed by atoms with Crippen molar-refractivity contribution in [2.45, 2.75) is 13.8 Å². The average Bonchev–Trinajstić information content (AvgIpc) is 2.43. The van der Waals surface area contributed by atoms with Crippen molar-refractivity contribution in [2.24, 2.45) is 0 Å². The maximum absolute atomic E-state index is 11.5. The van der Waals surface area contributed by atoms with Gasteiger partial charge < -0.3 is 24.5 Å². The van der Waals surface area contributed by atoms with E-state index in [0.29, 0.717) is 11.8 Å². The van der Waals surface area contributed by atoms with Crippen molar-refractivity contribution in [2.75, 3.05) is 47.2 Å². The molecule has 1 rings (SSSR count). The molecule has 9 nitrogen and oxygen atoms in total. The molecule has 0 bridgehead atoms. The van der Waals surface area contributed by atoms with Gasteiger partial charge in [0.25, 0.3) is 0 Å². The van der Waals surface area contributed by atoms with Gasteiger partial charge in [-0.25, -0.2) is 14.6 Å². The molecule has 0 spiro atoms. The molecular formula is C14H25N5O4. The molecule has 0 saturated heterocycles. The number of hydrogen-bond donors (Lipinski definition) is 1. The van der Waals surface area contributed by atoms with E-state index >= 15 is 0 Å². The lowest BCUT2D eigenvalue weighted by atomic mass is 10.2. The molecule has 0 saturated carbocycles. The number of nitrogens with zero attached hydrogens (tertiary/aromatic N) is 5. The molecule has 0 aromatic carbocycles. The molecule has 1 aromatic rings. The highest BCUT2D eigenvalue weighted by Crippen LogP contribution is 2.20. The molecule has 1 aromatic heterocycles. The van der Waals surface area contributed by atoms with Crippen LogP contribution in [-0.2, 0) is 0 Å². The molecule has 0 fully saturated rings. The van der Waals surface area contributed by atoms with Gasteiger partial charge in [0, 0.05) is 53.5 Å². The highest BCUT2D eigenvalue weighted by molar-refractivity contribution is 5.70. The maximum atomic E-state index is 11.5. The van der Waals surface area contributed by atoms with Crippen molar-refractivity contribution in [1.82, 2.24) is 19.8 Å². The Morgan fingerprint density at radius 3 is 1.78 bits per heavy atom. The summed E-state index contributed by atoms with van der Waals surface area (Å²) >= 11 is 0. The molecule has 0 aliphatic heterocycles. The van der Waals surface area contributed by atoms with Crippen LogP contribution in [0.25, 0.3) is 0 Å². The van der Waals surface area contributed by atoms with E-state index < -0.39 is 12.2 Å². The maximum Gasteiger partial charge on any atom is 0.416 e. The first kappa shape index (κ1) is 20.4. The standard InChI is InChI=1S/C11H18N4O2.C3H7NO2/c1-7-8(2)12-10(14(3)4)13-9(7)17-11(16)15(5)6;1-4(2)3(5)6/h1-6H3;1-2H3,(H,5,6). The molecule has 2 amide bonds. The average molecular weight is 327 g/mol. The van der Waals surface area contributed by atoms with Gasteiger partial charge in [-0.3, -0.25) is 0 Å². The van der Waals surface area contributed by atoms with Gasteiger partial charge in [-0.05, 0) is 13.8 Å². The number of carbonyl (C=O) groups is 2. The number of carbonyl (C=O) groups excluding carboxylic acids is 1. The van der Waals surface area contributed by atoms with Gasteiger partial charge in [-0.15, -0.1) is 0 Å². The topological polar surface area (TPSA) is 99.1 Å². The normalized spacial score (nSPS) is 9.39. The van der Waals surface area contributed by atoms with Crippen LogP contribution in [0.15, 0.2) is 0 Å². The smallest absolute Gasteiger partial charge is 0.416 e. The number of hydrogen-bond acceptors (Lipinski definition) is 6. The molecule has 0 atom stereocenters. The van der Waals surface area contributed by atoms with Gasteiger partial charge in [0.1, 0.15) is 0 Å². The predicted molar refractivity (Wildman–Crippen MR) is 87.3 cm³/mol. The SMILES string of the molecule is CN(C)C(=O)O.Cc1nc(N(C)C)nc(OC(=O)N(C)C)c1C. The number of carboxylic acid groups (broad SMARTS) is 1. The van der Waals surface area contributed by atoms with Gasteiger partial charge >= 0.3 is 12.2 Å². The van der Waals surface area contributed by atoms with Crippen molar-refractivity contribution in [3.63, 3.8) is 0 Å². The van der Waals surface area contributed by atoms with Crippen LogP contribution in [0.2, 0.25) is 0 Å². The summed E-state index contributed by atoms with van der Waals surface area (Å²) in [4.78, 5) is 33.8. The fourth-order valence-corrected chi connectivity index (χ4v) is 1.06. The van der Waals surface area contributed by atoms with Crippen LogP contribution in [0.3, 0.4) is 0 Å². The molecule has 1 N–H and O–H groups in total. The van der Waals surface area contributed by atoms with Crippen molar-refractivity contribution in [3.8, 4) is 5.88 Å². The summed E-state index contributed by atoms with van der Waals surface area (Å²) in [6, 6.07) is 0. The third-order valence-electron chi connectivity index (χ3n) is 2.66. The Kier molecular flexibility index (Phi) is 7.78. The highest BCUT2D eigenvalue weighted by atomic mass is 16.6. The van der Waals surface area contributed by atoms with Crippen LogP contribution >= 0.6 is 0 Å². The molecule has 0 aliphatic rings. The lowest BCUT2D eigenvalue weighted by molar-refractivity contribution is 0.165. The van der Waals surface area contributed by atoms with Crippen LogP contribution < -0.4 is 9.64 Å². The first-order chi connectivity index (χ1) is 10.5. The quantitative estimate of drug-likeness (QED) is 0.877. The first-order valence-electron chi connectivity index (χ1n) is 6.79. The van der Waals surface area contributed by atoms with Crippen LogP contribution in [0.5, 0.6) is 5.88 Å². The second kappa shape index (κ2) is 8.76. The van der Waals surface area contributed by atoms with E-state index in [4.69, 9.17) is 9.84 Å². The molecule has 1 heterocycles. The second-order valence-electron chi connectivity index (χ2n) is 5.37. The second-order valence-corrected chi connectivity index (χ2v) is 5.37. The van der Waals surface area contributed by atoms with Gasteiger partial charge in [-0.2, -0.15) is 4.98 Å². The molecule has 0 radical (unpaired) electrons. The Bertz CT molecular complexity index is 558. The van der Waals surface area contributed by atoms with E-state index in [0.717, 1.165) is 16.2 Å². The summed E-state index contributed by atoms with van der Waals surface area (Å²) in [5.41, 5.74) is 1.57.